The van der Waals surface area contributed by atoms with Crippen LogP contribution in [0.1, 0.15) is 61.4 Å². The minimum absolute atomic E-state index is 0.00854. The summed E-state index contributed by atoms with van der Waals surface area (Å²) in [5.74, 6) is -0.0288. The number of unbranched alkanes of at least 4 members (excludes halogenated alkanes) is 3. The fourth-order valence-corrected chi connectivity index (χ4v) is 3.67. The summed E-state index contributed by atoms with van der Waals surface area (Å²) in [4.78, 5) is 35.1. The highest BCUT2D eigenvalue weighted by Gasteiger charge is 2.26. The van der Waals surface area contributed by atoms with Crippen molar-refractivity contribution >= 4 is 24.0 Å². The number of rotatable bonds is 13. The van der Waals surface area contributed by atoms with Crippen LogP contribution in [0.5, 0.6) is 11.5 Å². The van der Waals surface area contributed by atoms with Crippen LogP contribution in [0.2, 0.25) is 0 Å². The van der Waals surface area contributed by atoms with E-state index < -0.39 is 11.9 Å². The second-order valence-electron chi connectivity index (χ2n) is 8.45. The molecule has 0 N–H and O–H groups in total. The predicted molar refractivity (Wildman–Crippen MR) is 136 cm³/mol. The fraction of sp³-hybridized carbons (Fsp3) is 0.345. The molecule has 1 heterocycles. The average molecular weight is 493 g/mol. The van der Waals surface area contributed by atoms with Gasteiger partial charge < -0.3 is 18.9 Å². The van der Waals surface area contributed by atoms with Gasteiger partial charge in [0.15, 0.2) is 0 Å². The molecule has 0 bridgehead atoms. The topological polar surface area (TPSA) is 88.1 Å². The molecule has 0 amide bonds. The van der Waals surface area contributed by atoms with Crippen LogP contribution >= 0.6 is 0 Å². The number of carbonyl (C=O) groups is 3. The summed E-state index contributed by atoms with van der Waals surface area (Å²) in [6, 6.07) is 13.7. The smallest absolute Gasteiger partial charge is 0.343 e. The Morgan fingerprint density at radius 3 is 2.36 bits per heavy atom. The van der Waals surface area contributed by atoms with E-state index in [0.29, 0.717) is 42.3 Å². The van der Waals surface area contributed by atoms with Gasteiger partial charge in [-0.05, 0) is 74.2 Å². The van der Waals surface area contributed by atoms with E-state index in [0.717, 1.165) is 37.7 Å². The van der Waals surface area contributed by atoms with Crippen LogP contribution in [-0.2, 0) is 19.1 Å². The minimum atomic E-state index is -0.465. The fourth-order valence-electron chi connectivity index (χ4n) is 3.67. The van der Waals surface area contributed by atoms with Gasteiger partial charge in [0.2, 0.25) is 0 Å². The van der Waals surface area contributed by atoms with E-state index in [4.69, 9.17) is 18.9 Å². The molecule has 1 unspecified atom stereocenters. The van der Waals surface area contributed by atoms with E-state index in [1.807, 2.05) is 0 Å². The maximum Gasteiger partial charge on any atom is 0.343 e. The highest BCUT2D eigenvalue weighted by atomic mass is 16.6. The van der Waals surface area contributed by atoms with Crippen molar-refractivity contribution in [3.05, 3.63) is 77.9 Å². The van der Waals surface area contributed by atoms with Gasteiger partial charge in [0.25, 0.3) is 0 Å². The Morgan fingerprint density at radius 2 is 1.69 bits per heavy atom. The Hall–Kier alpha value is -3.87. The van der Waals surface area contributed by atoms with Crippen molar-refractivity contribution in [2.24, 2.45) is 0 Å². The van der Waals surface area contributed by atoms with Crippen molar-refractivity contribution in [2.45, 2.75) is 51.6 Å². The largest absolute Gasteiger partial charge is 0.494 e. The Bertz CT molecular complexity index is 1050. The van der Waals surface area contributed by atoms with Gasteiger partial charge in [-0.1, -0.05) is 31.6 Å². The second kappa shape index (κ2) is 13.9. The summed E-state index contributed by atoms with van der Waals surface area (Å²) in [6.45, 7) is 6.37. The predicted octanol–water partition coefficient (Wildman–Crippen LogP) is 5.68. The SMILES string of the molecule is C=C1CC(CCCCCCOc2ccc(C(=O)Oc3ccc(C=CC(=O)OCC)cc3)cc2)OC1=O. The molecule has 7 heteroatoms. The van der Waals surface area contributed by atoms with E-state index in [1.54, 1.807) is 61.5 Å². The molecule has 1 atom stereocenters. The lowest BCUT2D eigenvalue weighted by atomic mass is 10.1. The molecule has 190 valence electrons. The number of carbonyl (C=O) groups excluding carboxylic acids is 3. The van der Waals surface area contributed by atoms with Crippen LogP contribution in [-0.4, -0.2) is 37.2 Å². The molecule has 2 aromatic carbocycles. The molecule has 0 spiro atoms. The van der Waals surface area contributed by atoms with Crippen molar-refractivity contribution in [3.63, 3.8) is 0 Å². The van der Waals surface area contributed by atoms with Gasteiger partial charge in [0.05, 0.1) is 18.8 Å². The van der Waals surface area contributed by atoms with E-state index in [9.17, 15) is 14.4 Å². The minimum Gasteiger partial charge on any atom is -0.494 e. The molecule has 0 saturated carbocycles. The first kappa shape index (κ1) is 26.7. The van der Waals surface area contributed by atoms with Crippen LogP contribution < -0.4 is 9.47 Å². The van der Waals surface area contributed by atoms with Crippen molar-refractivity contribution in [1.82, 2.24) is 0 Å². The van der Waals surface area contributed by atoms with Crippen LogP contribution in [0.4, 0.5) is 0 Å². The zero-order valence-electron chi connectivity index (χ0n) is 20.6. The molecule has 1 aliphatic heterocycles. The Balaban J connectivity index is 1.33. The van der Waals surface area contributed by atoms with Crippen molar-refractivity contribution < 1.29 is 33.3 Å². The quantitative estimate of drug-likeness (QED) is 0.154. The first-order valence-electron chi connectivity index (χ1n) is 12.2. The highest BCUT2D eigenvalue weighted by molar-refractivity contribution is 5.91. The highest BCUT2D eigenvalue weighted by Crippen LogP contribution is 2.23. The van der Waals surface area contributed by atoms with E-state index in [-0.39, 0.29) is 12.1 Å². The lowest BCUT2D eigenvalue weighted by Crippen LogP contribution is -2.08. The summed E-state index contributed by atoms with van der Waals surface area (Å²) in [7, 11) is 0. The number of esters is 3. The Labute approximate surface area is 211 Å². The average Bonchev–Trinajstić information content (AvgIpc) is 3.20. The standard InChI is InChI=1S/C29H32O7/c1-3-33-27(30)18-11-22-9-14-25(15-10-22)35-29(32)23-12-16-24(17-13-23)34-19-7-5-4-6-8-26-20-21(2)28(31)36-26/h9-18,26H,2-8,19-20H2,1H3. The number of hydrogen-bond acceptors (Lipinski definition) is 7. The van der Waals surface area contributed by atoms with Gasteiger partial charge in [-0.25, -0.2) is 14.4 Å². The summed E-state index contributed by atoms with van der Waals surface area (Å²) in [5.41, 5.74) is 1.78. The van der Waals surface area contributed by atoms with E-state index in [1.165, 1.54) is 6.08 Å². The second-order valence-corrected chi connectivity index (χ2v) is 8.45. The maximum absolute atomic E-state index is 12.4. The molecule has 1 aliphatic rings. The molecular formula is C29H32O7. The molecular weight excluding hydrogens is 460 g/mol. The van der Waals surface area contributed by atoms with Crippen molar-refractivity contribution in [1.29, 1.82) is 0 Å². The first-order valence-corrected chi connectivity index (χ1v) is 12.2. The number of ether oxygens (including phenoxy) is 4. The first-order chi connectivity index (χ1) is 17.4. The summed E-state index contributed by atoms with van der Waals surface area (Å²) < 4.78 is 21.3. The molecule has 3 rings (SSSR count). The molecule has 0 aliphatic carbocycles. The molecule has 1 saturated heterocycles. The molecule has 36 heavy (non-hydrogen) atoms. The molecule has 1 fully saturated rings. The summed E-state index contributed by atoms with van der Waals surface area (Å²) in [6.07, 6.45) is 8.51. The van der Waals surface area contributed by atoms with Crippen molar-refractivity contribution in [2.75, 3.05) is 13.2 Å². The van der Waals surface area contributed by atoms with Gasteiger partial charge in [-0.2, -0.15) is 0 Å². The van der Waals surface area contributed by atoms with Crippen LogP contribution in [0.3, 0.4) is 0 Å². The van der Waals surface area contributed by atoms with E-state index >= 15 is 0 Å². The molecule has 2 aromatic rings. The molecule has 0 radical (unpaired) electrons. The van der Waals surface area contributed by atoms with Gasteiger partial charge in [0, 0.05) is 18.1 Å². The van der Waals surface area contributed by atoms with Crippen LogP contribution in [0.15, 0.2) is 66.8 Å². The summed E-state index contributed by atoms with van der Waals surface area (Å²) >= 11 is 0. The lowest BCUT2D eigenvalue weighted by Gasteiger charge is -2.09. The van der Waals surface area contributed by atoms with Gasteiger partial charge in [-0.15, -0.1) is 0 Å². The maximum atomic E-state index is 12.4. The molecule has 0 aromatic heterocycles. The Kier molecular flexibility index (Phi) is 10.3. The van der Waals surface area contributed by atoms with Crippen LogP contribution in [0, 0.1) is 0 Å². The normalized spacial score (nSPS) is 15.1. The number of cyclic esters (lactones) is 1. The van der Waals surface area contributed by atoms with Gasteiger partial charge in [-0.3, -0.25) is 0 Å². The third kappa shape index (κ3) is 8.73. The summed E-state index contributed by atoms with van der Waals surface area (Å²) in [5, 5.41) is 0. The Morgan fingerprint density at radius 1 is 1.00 bits per heavy atom. The number of hydrogen-bond donors (Lipinski definition) is 0. The lowest BCUT2D eigenvalue weighted by molar-refractivity contribution is -0.139. The third-order valence-corrected chi connectivity index (χ3v) is 5.60. The third-order valence-electron chi connectivity index (χ3n) is 5.60. The van der Waals surface area contributed by atoms with Gasteiger partial charge in [0.1, 0.15) is 17.6 Å². The number of benzene rings is 2. The molecule has 7 nitrogen and oxygen atoms in total. The van der Waals surface area contributed by atoms with Crippen molar-refractivity contribution in [3.8, 4) is 11.5 Å². The zero-order chi connectivity index (χ0) is 25.8. The van der Waals surface area contributed by atoms with E-state index in [2.05, 4.69) is 6.58 Å². The van der Waals surface area contributed by atoms with Gasteiger partial charge >= 0.3 is 17.9 Å². The monoisotopic (exact) mass is 492 g/mol. The zero-order valence-corrected chi connectivity index (χ0v) is 20.6. The van der Waals surface area contributed by atoms with Crippen LogP contribution in [0.25, 0.3) is 6.08 Å².